The summed E-state index contributed by atoms with van der Waals surface area (Å²) in [5.41, 5.74) is 2.10. The fourth-order valence-electron chi connectivity index (χ4n) is 4.20. The highest BCUT2D eigenvalue weighted by Gasteiger charge is 2.19. The molecule has 1 aliphatic heterocycles. The number of carbonyl (C=O) groups is 1. The van der Waals surface area contributed by atoms with E-state index < -0.39 is 0 Å². The molecule has 152 valence electrons. The van der Waals surface area contributed by atoms with Gasteiger partial charge in [0.1, 0.15) is 11.5 Å². The van der Waals surface area contributed by atoms with Crippen molar-refractivity contribution in [3.8, 4) is 0 Å². The maximum atomic E-state index is 14.2. The van der Waals surface area contributed by atoms with Crippen LogP contribution in [0.3, 0.4) is 0 Å². The number of benzene rings is 2. The van der Waals surface area contributed by atoms with Gasteiger partial charge in [0.25, 0.3) is 5.91 Å². The van der Waals surface area contributed by atoms with Crippen molar-refractivity contribution in [1.29, 1.82) is 0 Å². The molecule has 4 rings (SSSR count). The van der Waals surface area contributed by atoms with E-state index in [9.17, 15) is 9.18 Å². The van der Waals surface area contributed by atoms with Gasteiger partial charge < -0.3 is 14.8 Å². The summed E-state index contributed by atoms with van der Waals surface area (Å²) in [6.45, 7) is 3.28. The third-order valence-corrected chi connectivity index (χ3v) is 6.01. The van der Waals surface area contributed by atoms with Gasteiger partial charge in [-0.25, -0.2) is 4.39 Å². The number of halogens is 1. The molecule has 0 aliphatic carbocycles. The third-order valence-electron chi connectivity index (χ3n) is 6.01. The minimum Gasteiger partial charge on any atom is -0.351 e. The molecule has 0 spiro atoms. The number of hydrogen-bond donors (Lipinski definition) is 1. The molecule has 1 fully saturated rings. The summed E-state index contributed by atoms with van der Waals surface area (Å²) in [4.78, 5) is 15.3. The van der Waals surface area contributed by atoms with Crippen LogP contribution in [0.25, 0.3) is 10.9 Å². The van der Waals surface area contributed by atoms with Crippen LogP contribution in [0.2, 0.25) is 0 Å². The van der Waals surface area contributed by atoms with E-state index in [2.05, 4.69) is 17.3 Å². The first kappa shape index (κ1) is 19.6. The SMILES string of the molecule is CN1CCC(CCNC(=O)c2cc3ccccc3n2Cc2ccccc2F)CC1. The predicted molar refractivity (Wildman–Crippen MR) is 115 cm³/mol. The molecule has 0 radical (unpaired) electrons. The number of nitrogens with zero attached hydrogens (tertiary/aromatic N) is 2. The fourth-order valence-corrected chi connectivity index (χ4v) is 4.20. The Bertz CT molecular complexity index is 989. The van der Waals surface area contributed by atoms with Gasteiger partial charge in [0.2, 0.25) is 0 Å². The van der Waals surface area contributed by atoms with Crippen molar-refractivity contribution in [3.63, 3.8) is 0 Å². The topological polar surface area (TPSA) is 37.3 Å². The molecular weight excluding hydrogens is 365 g/mol. The standard InChI is InChI=1S/C24H28FN3O/c1-27-14-11-18(12-15-27)10-13-26-24(29)23-16-19-6-3-5-9-22(19)28(23)17-20-7-2-4-8-21(20)25/h2-9,16,18H,10-15,17H2,1H3,(H,26,29). The molecule has 3 aromatic rings. The molecule has 1 aromatic heterocycles. The van der Waals surface area contributed by atoms with Gasteiger partial charge in [-0.3, -0.25) is 4.79 Å². The zero-order valence-corrected chi connectivity index (χ0v) is 16.9. The Balaban J connectivity index is 1.50. The number of amides is 1. The first-order chi connectivity index (χ1) is 14.1. The molecule has 1 aliphatic rings. The predicted octanol–water partition coefficient (Wildman–Crippen LogP) is 4.29. The summed E-state index contributed by atoms with van der Waals surface area (Å²) < 4.78 is 16.1. The van der Waals surface area contributed by atoms with Crippen LogP contribution >= 0.6 is 0 Å². The zero-order valence-electron chi connectivity index (χ0n) is 16.9. The number of carbonyl (C=O) groups excluding carboxylic acids is 1. The smallest absolute Gasteiger partial charge is 0.267 e. The minimum absolute atomic E-state index is 0.0922. The largest absolute Gasteiger partial charge is 0.351 e. The molecule has 1 N–H and O–H groups in total. The fraction of sp³-hybridized carbons (Fsp3) is 0.375. The van der Waals surface area contributed by atoms with Gasteiger partial charge in [0.05, 0.1) is 6.54 Å². The number of rotatable bonds is 6. The van der Waals surface area contributed by atoms with Gasteiger partial charge in [0.15, 0.2) is 0 Å². The Morgan fingerprint density at radius 1 is 1.10 bits per heavy atom. The molecule has 0 unspecified atom stereocenters. The molecule has 5 heteroatoms. The lowest BCUT2D eigenvalue weighted by Crippen LogP contribution is -2.33. The van der Waals surface area contributed by atoms with Crippen LogP contribution in [0.15, 0.2) is 54.6 Å². The summed E-state index contributed by atoms with van der Waals surface area (Å²) in [6, 6.07) is 16.5. The summed E-state index contributed by atoms with van der Waals surface area (Å²) in [5, 5.41) is 4.08. The number of aromatic nitrogens is 1. The third kappa shape index (κ3) is 4.51. The lowest BCUT2D eigenvalue weighted by atomic mass is 9.94. The highest BCUT2D eigenvalue weighted by molar-refractivity contribution is 5.98. The van der Waals surface area contributed by atoms with Gasteiger partial charge in [-0.2, -0.15) is 0 Å². The van der Waals surface area contributed by atoms with Crippen LogP contribution in [0.4, 0.5) is 4.39 Å². The highest BCUT2D eigenvalue weighted by atomic mass is 19.1. The van der Waals surface area contributed by atoms with Crippen molar-refractivity contribution in [2.75, 3.05) is 26.7 Å². The monoisotopic (exact) mass is 393 g/mol. The van der Waals surface area contributed by atoms with E-state index in [1.54, 1.807) is 12.1 Å². The second kappa shape index (κ2) is 8.78. The molecule has 0 atom stereocenters. The molecule has 29 heavy (non-hydrogen) atoms. The van der Waals surface area contributed by atoms with Gasteiger partial charge in [0, 0.05) is 23.0 Å². The Labute approximate surface area is 171 Å². The number of fused-ring (bicyclic) bond motifs is 1. The molecule has 4 nitrogen and oxygen atoms in total. The van der Waals surface area contributed by atoms with Crippen molar-refractivity contribution >= 4 is 16.8 Å². The van der Waals surface area contributed by atoms with Gasteiger partial charge >= 0.3 is 0 Å². The summed E-state index contributed by atoms with van der Waals surface area (Å²) in [6.07, 6.45) is 3.40. The lowest BCUT2D eigenvalue weighted by Gasteiger charge is -2.28. The van der Waals surface area contributed by atoms with E-state index in [4.69, 9.17) is 0 Å². The van der Waals surface area contributed by atoms with E-state index in [-0.39, 0.29) is 11.7 Å². The quantitative estimate of drug-likeness (QED) is 0.678. The second-order valence-electron chi connectivity index (χ2n) is 8.06. The van der Waals surface area contributed by atoms with Crippen molar-refractivity contribution < 1.29 is 9.18 Å². The summed E-state index contributed by atoms with van der Waals surface area (Å²) in [5.74, 6) is 0.333. The number of likely N-dealkylation sites (tertiary alicyclic amines) is 1. The summed E-state index contributed by atoms with van der Waals surface area (Å²) in [7, 11) is 2.16. The zero-order chi connectivity index (χ0) is 20.2. The van der Waals surface area contributed by atoms with E-state index in [0.717, 1.165) is 30.4 Å². The normalized spacial score (nSPS) is 15.7. The Morgan fingerprint density at radius 3 is 2.62 bits per heavy atom. The van der Waals surface area contributed by atoms with E-state index in [1.807, 2.05) is 41.0 Å². The van der Waals surface area contributed by atoms with E-state index in [0.29, 0.717) is 30.3 Å². The second-order valence-corrected chi connectivity index (χ2v) is 8.06. The first-order valence-corrected chi connectivity index (χ1v) is 10.4. The minimum atomic E-state index is -0.251. The molecule has 1 saturated heterocycles. The van der Waals surface area contributed by atoms with Gasteiger partial charge in [-0.1, -0.05) is 36.4 Å². The number of piperidine rings is 1. The summed E-state index contributed by atoms with van der Waals surface area (Å²) >= 11 is 0. The molecule has 1 amide bonds. The number of para-hydroxylation sites is 1. The number of hydrogen-bond acceptors (Lipinski definition) is 2. The van der Waals surface area contributed by atoms with Crippen molar-refractivity contribution in [1.82, 2.24) is 14.8 Å². The Kier molecular flexibility index (Phi) is 5.95. The highest BCUT2D eigenvalue weighted by Crippen LogP contribution is 2.23. The average Bonchev–Trinajstić information content (AvgIpc) is 3.10. The van der Waals surface area contributed by atoms with E-state index in [1.165, 1.54) is 18.9 Å². The molecule has 0 bridgehead atoms. The number of nitrogens with one attached hydrogen (secondary N) is 1. The molecule has 2 heterocycles. The lowest BCUT2D eigenvalue weighted by molar-refractivity contribution is 0.0940. The molecule has 2 aromatic carbocycles. The van der Waals surface area contributed by atoms with Crippen LogP contribution in [0, 0.1) is 11.7 Å². The molecule has 0 saturated carbocycles. The van der Waals surface area contributed by atoms with Crippen LogP contribution in [-0.4, -0.2) is 42.1 Å². The van der Waals surface area contributed by atoms with Gasteiger partial charge in [-0.05, 0) is 63.5 Å². The Morgan fingerprint density at radius 2 is 1.83 bits per heavy atom. The van der Waals surface area contributed by atoms with Crippen LogP contribution in [0.1, 0.15) is 35.3 Å². The van der Waals surface area contributed by atoms with Crippen LogP contribution in [0.5, 0.6) is 0 Å². The van der Waals surface area contributed by atoms with Crippen molar-refractivity contribution in [3.05, 3.63) is 71.7 Å². The van der Waals surface area contributed by atoms with Crippen LogP contribution < -0.4 is 5.32 Å². The average molecular weight is 394 g/mol. The van der Waals surface area contributed by atoms with Crippen molar-refractivity contribution in [2.45, 2.75) is 25.8 Å². The van der Waals surface area contributed by atoms with E-state index >= 15 is 0 Å². The van der Waals surface area contributed by atoms with Crippen molar-refractivity contribution in [2.24, 2.45) is 5.92 Å². The van der Waals surface area contributed by atoms with Crippen LogP contribution in [-0.2, 0) is 6.54 Å². The maximum Gasteiger partial charge on any atom is 0.267 e. The molecular formula is C24H28FN3O. The Hall–Kier alpha value is -2.66. The first-order valence-electron chi connectivity index (χ1n) is 10.4. The van der Waals surface area contributed by atoms with Gasteiger partial charge in [-0.15, -0.1) is 0 Å². The maximum absolute atomic E-state index is 14.2.